The lowest BCUT2D eigenvalue weighted by Gasteiger charge is -2.36. The minimum absolute atomic E-state index is 0.222. The SMILES string of the molecule is CC1CCc2ccccc2N1c1nc(Cl)ncc1N. The first-order valence-corrected chi connectivity index (χ1v) is 6.70. The van der Waals surface area contributed by atoms with Crippen molar-refractivity contribution in [3.8, 4) is 0 Å². The molecule has 2 aromatic rings. The number of hydrogen-bond donors (Lipinski definition) is 1. The van der Waals surface area contributed by atoms with Crippen LogP contribution in [0, 0.1) is 0 Å². The molecular weight excluding hydrogens is 260 g/mol. The number of nitrogens with two attached hydrogens (primary N) is 1. The fourth-order valence-corrected chi connectivity index (χ4v) is 2.69. The summed E-state index contributed by atoms with van der Waals surface area (Å²) in [5, 5.41) is 0.222. The van der Waals surface area contributed by atoms with E-state index in [0.717, 1.165) is 18.5 Å². The highest BCUT2D eigenvalue weighted by atomic mass is 35.5. The van der Waals surface area contributed by atoms with Gasteiger partial charge in [0.1, 0.15) is 0 Å². The highest BCUT2D eigenvalue weighted by Crippen LogP contribution is 2.38. The summed E-state index contributed by atoms with van der Waals surface area (Å²) in [6, 6.07) is 8.67. The summed E-state index contributed by atoms with van der Waals surface area (Å²) in [5.74, 6) is 0.694. The van der Waals surface area contributed by atoms with Gasteiger partial charge < -0.3 is 10.6 Å². The zero-order valence-electron chi connectivity index (χ0n) is 10.7. The van der Waals surface area contributed by atoms with Crippen molar-refractivity contribution in [2.24, 2.45) is 0 Å². The molecule has 2 N–H and O–H groups in total. The summed E-state index contributed by atoms with van der Waals surface area (Å²) in [6.07, 6.45) is 3.71. The Kier molecular flexibility index (Phi) is 3.03. The topological polar surface area (TPSA) is 55.0 Å². The molecule has 1 aliphatic heterocycles. The fourth-order valence-electron chi connectivity index (χ4n) is 2.57. The Morgan fingerprint density at radius 1 is 1.37 bits per heavy atom. The van der Waals surface area contributed by atoms with Crippen LogP contribution in [0.1, 0.15) is 18.9 Å². The van der Waals surface area contributed by atoms with Crippen molar-refractivity contribution >= 4 is 28.8 Å². The normalized spacial score (nSPS) is 18.2. The maximum absolute atomic E-state index is 6.01. The molecule has 0 saturated carbocycles. The van der Waals surface area contributed by atoms with Gasteiger partial charge in [0, 0.05) is 11.7 Å². The monoisotopic (exact) mass is 274 g/mol. The maximum atomic E-state index is 6.01. The summed E-state index contributed by atoms with van der Waals surface area (Å²) in [7, 11) is 0. The number of rotatable bonds is 1. The van der Waals surface area contributed by atoms with Crippen LogP contribution in [0.4, 0.5) is 17.2 Å². The van der Waals surface area contributed by atoms with E-state index in [1.807, 2.05) is 6.07 Å². The van der Waals surface area contributed by atoms with Crippen molar-refractivity contribution in [2.75, 3.05) is 10.6 Å². The lowest BCUT2D eigenvalue weighted by atomic mass is 9.96. The summed E-state index contributed by atoms with van der Waals surface area (Å²) < 4.78 is 0. The van der Waals surface area contributed by atoms with Crippen molar-refractivity contribution < 1.29 is 0 Å². The lowest BCUT2D eigenvalue weighted by molar-refractivity contribution is 0.613. The molecule has 19 heavy (non-hydrogen) atoms. The van der Waals surface area contributed by atoms with E-state index in [-0.39, 0.29) is 5.28 Å². The van der Waals surface area contributed by atoms with Crippen LogP contribution in [0.5, 0.6) is 0 Å². The van der Waals surface area contributed by atoms with Gasteiger partial charge in [-0.2, -0.15) is 4.98 Å². The van der Waals surface area contributed by atoms with E-state index in [1.165, 1.54) is 5.56 Å². The molecule has 0 saturated heterocycles. The molecule has 3 rings (SSSR count). The molecule has 0 aliphatic carbocycles. The second-order valence-corrected chi connectivity index (χ2v) is 5.14. The Balaban J connectivity index is 2.16. The van der Waals surface area contributed by atoms with E-state index < -0.39 is 0 Å². The second-order valence-electron chi connectivity index (χ2n) is 4.80. The predicted molar refractivity (Wildman–Crippen MR) is 77.8 cm³/mol. The van der Waals surface area contributed by atoms with Gasteiger partial charge in [-0.05, 0) is 43.0 Å². The van der Waals surface area contributed by atoms with Gasteiger partial charge in [-0.25, -0.2) is 4.98 Å². The third-order valence-corrected chi connectivity index (χ3v) is 3.70. The number of fused-ring (bicyclic) bond motifs is 1. The van der Waals surface area contributed by atoms with Gasteiger partial charge in [-0.1, -0.05) is 18.2 Å². The van der Waals surface area contributed by atoms with Gasteiger partial charge in [0.15, 0.2) is 5.82 Å². The van der Waals surface area contributed by atoms with Crippen LogP contribution in [0.2, 0.25) is 5.28 Å². The van der Waals surface area contributed by atoms with E-state index in [9.17, 15) is 0 Å². The second kappa shape index (κ2) is 4.70. The summed E-state index contributed by atoms with van der Waals surface area (Å²) >= 11 is 5.91. The fraction of sp³-hybridized carbons (Fsp3) is 0.286. The summed E-state index contributed by atoms with van der Waals surface area (Å²) in [6.45, 7) is 2.17. The average Bonchev–Trinajstić information content (AvgIpc) is 2.42. The van der Waals surface area contributed by atoms with Crippen molar-refractivity contribution in [3.63, 3.8) is 0 Å². The van der Waals surface area contributed by atoms with Crippen molar-refractivity contribution in [1.82, 2.24) is 9.97 Å². The molecule has 0 fully saturated rings. The quantitative estimate of drug-likeness (QED) is 0.812. The molecule has 1 atom stereocenters. The van der Waals surface area contributed by atoms with Gasteiger partial charge >= 0.3 is 0 Å². The lowest BCUT2D eigenvalue weighted by Crippen LogP contribution is -2.34. The number of benzene rings is 1. The standard InChI is InChI=1S/C14H15ClN4/c1-9-6-7-10-4-2-3-5-12(10)19(9)13-11(16)8-17-14(15)18-13/h2-5,8-9H,6-7,16H2,1H3. The van der Waals surface area contributed by atoms with Crippen molar-refractivity contribution in [1.29, 1.82) is 0 Å². The smallest absolute Gasteiger partial charge is 0.224 e. The van der Waals surface area contributed by atoms with Gasteiger partial charge in [0.05, 0.1) is 11.9 Å². The van der Waals surface area contributed by atoms with Crippen LogP contribution in [0.25, 0.3) is 0 Å². The first-order chi connectivity index (χ1) is 9.16. The molecule has 0 bridgehead atoms. The van der Waals surface area contributed by atoms with Gasteiger partial charge in [0.2, 0.25) is 5.28 Å². The minimum atomic E-state index is 0.222. The Morgan fingerprint density at radius 2 is 2.16 bits per heavy atom. The molecule has 0 spiro atoms. The number of nitrogens with zero attached hydrogens (tertiary/aromatic N) is 3. The van der Waals surface area contributed by atoms with Crippen LogP contribution < -0.4 is 10.6 Å². The van der Waals surface area contributed by atoms with E-state index in [4.69, 9.17) is 17.3 Å². The Hall–Kier alpha value is -1.81. The van der Waals surface area contributed by atoms with Gasteiger partial charge in [-0.3, -0.25) is 0 Å². The highest BCUT2D eigenvalue weighted by molar-refractivity contribution is 6.28. The van der Waals surface area contributed by atoms with Crippen LogP contribution in [0.3, 0.4) is 0 Å². The van der Waals surface area contributed by atoms with Crippen LogP contribution in [-0.4, -0.2) is 16.0 Å². The predicted octanol–water partition coefficient (Wildman–Crippen LogP) is 3.19. The molecule has 4 nitrogen and oxygen atoms in total. The van der Waals surface area contributed by atoms with E-state index in [1.54, 1.807) is 6.20 Å². The average molecular weight is 275 g/mol. The molecule has 1 aromatic carbocycles. The first kappa shape index (κ1) is 12.2. The number of hydrogen-bond acceptors (Lipinski definition) is 4. The molecule has 1 unspecified atom stereocenters. The minimum Gasteiger partial charge on any atom is -0.394 e. The Morgan fingerprint density at radius 3 is 3.00 bits per heavy atom. The van der Waals surface area contributed by atoms with Crippen molar-refractivity contribution in [2.45, 2.75) is 25.8 Å². The number of anilines is 3. The summed E-state index contributed by atoms with van der Waals surface area (Å²) in [4.78, 5) is 10.4. The third kappa shape index (κ3) is 2.12. The van der Waals surface area contributed by atoms with Crippen LogP contribution >= 0.6 is 11.6 Å². The maximum Gasteiger partial charge on any atom is 0.224 e. The number of halogens is 1. The molecule has 1 aliphatic rings. The van der Waals surface area contributed by atoms with Gasteiger partial charge in [-0.15, -0.1) is 0 Å². The number of aromatic nitrogens is 2. The van der Waals surface area contributed by atoms with Crippen LogP contribution in [0.15, 0.2) is 30.5 Å². The van der Waals surface area contributed by atoms with Gasteiger partial charge in [0.25, 0.3) is 0 Å². The summed E-state index contributed by atoms with van der Waals surface area (Å²) in [5.41, 5.74) is 9.03. The molecule has 1 aromatic heterocycles. The number of aryl methyl sites for hydroxylation is 1. The first-order valence-electron chi connectivity index (χ1n) is 6.32. The van der Waals surface area contributed by atoms with E-state index in [0.29, 0.717) is 17.5 Å². The molecular formula is C14H15ClN4. The van der Waals surface area contributed by atoms with Crippen LogP contribution in [-0.2, 0) is 6.42 Å². The molecule has 5 heteroatoms. The molecule has 98 valence electrons. The van der Waals surface area contributed by atoms with Crippen molar-refractivity contribution in [3.05, 3.63) is 41.3 Å². The molecule has 0 amide bonds. The number of nitrogen functional groups attached to an aromatic ring is 1. The third-order valence-electron chi connectivity index (χ3n) is 3.52. The zero-order chi connectivity index (χ0) is 13.4. The van der Waals surface area contributed by atoms with E-state index in [2.05, 4.69) is 40.0 Å². The number of para-hydroxylation sites is 1. The largest absolute Gasteiger partial charge is 0.394 e. The Labute approximate surface area is 117 Å². The highest BCUT2D eigenvalue weighted by Gasteiger charge is 2.26. The Bertz CT molecular complexity index is 614. The van der Waals surface area contributed by atoms with E-state index >= 15 is 0 Å². The molecule has 0 radical (unpaired) electrons. The molecule has 2 heterocycles. The zero-order valence-corrected chi connectivity index (χ0v) is 11.4.